The number of nitrogens with zero attached hydrogens (tertiary/aromatic N) is 5. The molecule has 2 fully saturated rings. The van der Waals surface area contributed by atoms with Gasteiger partial charge in [0.15, 0.2) is 0 Å². The van der Waals surface area contributed by atoms with E-state index >= 15 is 0 Å². The van der Waals surface area contributed by atoms with Crippen molar-refractivity contribution >= 4 is 11.8 Å². The van der Waals surface area contributed by atoms with Crippen molar-refractivity contribution in [2.45, 2.75) is 38.5 Å². The number of carbonyl (C=O) groups excluding carboxylic acids is 2. The number of aryl methyl sites for hydroxylation is 1. The first-order valence-electron chi connectivity index (χ1n) is 9.51. The van der Waals surface area contributed by atoms with E-state index in [2.05, 4.69) is 14.9 Å². The lowest BCUT2D eigenvalue weighted by molar-refractivity contribution is -0.131. The highest BCUT2D eigenvalue weighted by atomic mass is 16.2. The van der Waals surface area contributed by atoms with Gasteiger partial charge in [0.05, 0.1) is 17.8 Å². The maximum Gasteiger partial charge on any atom is 0.256 e. The van der Waals surface area contributed by atoms with Crippen molar-refractivity contribution in [3.05, 3.63) is 23.3 Å². The van der Waals surface area contributed by atoms with E-state index in [1.807, 2.05) is 11.8 Å². The molecular weight excluding hydrogens is 330 g/mol. The number of likely N-dealkylation sites (tertiary alicyclic amines) is 2. The molecule has 7 heteroatoms. The summed E-state index contributed by atoms with van der Waals surface area (Å²) < 4.78 is 0. The number of carbonyl (C=O) groups is 2. The van der Waals surface area contributed by atoms with Crippen LogP contribution < -0.4 is 0 Å². The van der Waals surface area contributed by atoms with Gasteiger partial charge in [0.2, 0.25) is 5.91 Å². The van der Waals surface area contributed by atoms with Crippen molar-refractivity contribution in [2.24, 2.45) is 0 Å². The first-order chi connectivity index (χ1) is 12.5. The molecule has 1 aromatic rings. The molecule has 0 aromatic carbocycles. The van der Waals surface area contributed by atoms with E-state index < -0.39 is 0 Å². The summed E-state index contributed by atoms with van der Waals surface area (Å²) in [7, 11) is 3.46. The molecule has 26 heavy (non-hydrogen) atoms. The Bertz CT molecular complexity index is 670. The molecule has 7 nitrogen and oxygen atoms in total. The van der Waals surface area contributed by atoms with Crippen LogP contribution in [0.1, 0.15) is 53.5 Å². The average molecular weight is 359 g/mol. The third-order valence-corrected chi connectivity index (χ3v) is 5.32. The molecule has 0 unspecified atom stereocenters. The number of hydrogen-bond acceptors (Lipinski definition) is 5. The van der Waals surface area contributed by atoms with E-state index in [0.29, 0.717) is 12.1 Å². The van der Waals surface area contributed by atoms with Crippen LogP contribution in [0.2, 0.25) is 0 Å². The monoisotopic (exact) mass is 359 g/mol. The zero-order valence-corrected chi connectivity index (χ0v) is 16.1. The Hall–Kier alpha value is -2.02. The molecule has 2 saturated heterocycles. The molecule has 0 bridgehead atoms. The maximum absolute atomic E-state index is 12.4. The van der Waals surface area contributed by atoms with Gasteiger partial charge >= 0.3 is 0 Å². The fraction of sp³-hybridized carbons (Fsp3) is 0.684. The third-order valence-electron chi connectivity index (χ3n) is 5.32. The summed E-state index contributed by atoms with van der Waals surface area (Å²) in [5.41, 5.74) is 1.27. The lowest BCUT2D eigenvalue weighted by atomic mass is 9.97. The van der Waals surface area contributed by atoms with Crippen LogP contribution in [0.4, 0.5) is 0 Å². The van der Waals surface area contributed by atoms with Crippen molar-refractivity contribution in [3.8, 4) is 0 Å². The van der Waals surface area contributed by atoms with Crippen LogP contribution in [-0.4, -0.2) is 83.3 Å². The minimum atomic E-state index is -0.0736. The van der Waals surface area contributed by atoms with Crippen molar-refractivity contribution in [1.29, 1.82) is 0 Å². The molecule has 0 saturated carbocycles. The largest absolute Gasteiger partial charge is 0.345 e. The predicted molar refractivity (Wildman–Crippen MR) is 99.0 cm³/mol. The lowest BCUT2D eigenvalue weighted by Gasteiger charge is -2.32. The van der Waals surface area contributed by atoms with Gasteiger partial charge in [0.25, 0.3) is 5.91 Å². The van der Waals surface area contributed by atoms with Crippen molar-refractivity contribution in [1.82, 2.24) is 24.7 Å². The van der Waals surface area contributed by atoms with Gasteiger partial charge < -0.3 is 9.80 Å². The molecule has 0 spiro atoms. The molecule has 2 aliphatic rings. The highest BCUT2D eigenvalue weighted by Crippen LogP contribution is 2.25. The van der Waals surface area contributed by atoms with Crippen LogP contribution >= 0.6 is 0 Å². The van der Waals surface area contributed by atoms with Crippen LogP contribution in [-0.2, 0) is 4.79 Å². The number of aromatic nitrogens is 2. The first kappa shape index (κ1) is 18.8. The van der Waals surface area contributed by atoms with Crippen LogP contribution in [0.15, 0.2) is 6.20 Å². The van der Waals surface area contributed by atoms with Crippen LogP contribution in [0.3, 0.4) is 0 Å². The van der Waals surface area contributed by atoms with E-state index in [9.17, 15) is 9.59 Å². The summed E-state index contributed by atoms with van der Waals surface area (Å²) in [4.78, 5) is 39.4. The van der Waals surface area contributed by atoms with Gasteiger partial charge in [0, 0.05) is 45.8 Å². The van der Waals surface area contributed by atoms with Gasteiger partial charge in [-0.15, -0.1) is 0 Å². The van der Waals surface area contributed by atoms with Gasteiger partial charge in [-0.25, -0.2) is 9.97 Å². The predicted octanol–water partition coefficient (Wildman–Crippen LogP) is 1.29. The number of amides is 2. The molecule has 3 heterocycles. The maximum atomic E-state index is 12.4. The highest BCUT2D eigenvalue weighted by molar-refractivity contribution is 5.94. The molecule has 3 rings (SSSR count). The van der Waals surface area contributed by atoms with Crippen molar-refractivity contribution < 1.29 is 9.59 Å². The Kier molecular flexibility index (Phi) is 5.86. The second kappa shape index (κ2) is 8.12. The first-order valence-corrected chi connectivity index (χ1v) is 9.51. The normalized spacial score (nSPS) is 21.0. The van der Waals surface area contributed by atoms with Crippen molar-refractivity contribution in [2.75, 3.05) is 46.8 Å². The van der Waals surface area contributed by atoms with Crippen LogP contribution in [0, 0.1) is 6.92 Å². The number of rotatable bonds is 4. The van der Waals surface area contributed by atoms with E-state index in [0.717, 1.165) is 63.4 Å². The third kappa shape index (κ3) is 4.20. The molecule has 0 N–H and O–H groups in total. The van der Waals surface area contributed by atoms with E-state index in [1.165, 1.54) is 4.90 Å². The Morgan fingerprint density at radius 3 is 2.58 bits per heavy atom. The lowest BCUT2D eigenvalue weighted by Crippen LogP contribution is -2.43. The molecule has 1 aromatic heterocycles. The van der Waals surface area contributed by atoms with E-state index in [4.69, 9.17) is 0 Å². The zero-order valence-electron chi connectivity index (χ0n) is 16.1. The number of hydrogen-bond donors (Lipinski definition) is 0. The van der Waals surface area contributed by atoms with Gasteiger partial charge in [-0.05, 0) is 39.2 Å². The summed E-state index contributed by atoms with van der Waals surface area (Å²) >= 11 is 0. The molecule has 1 atom stereocenters. The number of piperidine rings is 1. The smallest absolute Gasteiger partial charge is 0.256 e. The van der Waals surface area contributed by atoms with Crippen molar-refractivity contribution in [3.63, 3.8) is 0 Å². The van der Waals surface area contributed by atoms with Gasteiger partial charge in [-0.2, -0.15) is 0 Å². The quantitative estimate of drug-likeness (QED) is 0.810. The fourth-order valence-electron chi connectivity index (χ4n) is 3.80. The fourth-order valence-corrected chi connectivity index (χ4v) is 3.80. The minimum absolute atomic E-state index is 0.0736. The SMILES string of the molecule is Cc1nc([C@H]2CCCN(CC(=O)N3CCCC3)C2)ncc1C(=O)N(C)C. The summed E-state index contributed by atoms with van der Waals surface area (Å²) in [6, 6.07) is 0. The van der Waals surface area contributed by atoms with Gasteiger partial charge in [-0.1, -0.05) is 0 Å². The van der Waals surface area contributed by atoms with Crippen LogP contribution in [0.25, 0.3) is 0 Å². The Labute approximate surface area is 155 Å². The summed E-state index contributed by atoms with van der Waals surface area (Å²) in [5, 5.41) is 0. The van der Waals surface area contributed by atoms with Gasteiger partial charge in [-0.3, -0.25) is 14.5 Å². The summed E-state index contributed by atoms with van der Waals surface area (Å²) in [5.74, 6) is 1.18. The topological polar surface area (TPSA) is 69.6 Å². The molecule has 2 amide bonds. The molecule has 0 aliphatic carbocycles. The highest BCUT2D eigenvalue weighted by Gasteiger charge is 2.27. The summed E-state index contributed by atoms with van der Waals surface area (Å²) in [6.45, 7) is 5.91. The van der Waals surface area contributed by atoms with E-state index in [1.54, 1.807) is 20.3 Å². The summed E-state index contributed by atoms with van der Waals surface area (Å²) in [6.07, 6.45) is 5.96. The minimum Gasteiger partial charge on any atom is -0.345 e. The molecule has 0 radical (unpaired) electrons. The molecule has 142 valence electrons. The zero-order chi connectivity index (χ0) is 18.7. The standard InChI is InChI=1S/C19H29N5O2/c1-14-16(19(26)22(2)3)11-20-18(21-14)15-7-6-8-23(12-15)13-17(25)24-9-4-5-10-24/h11,15H,4-10,12-13H2,1-3H3/t15-/m0/s1. The molecule has 2 aliphatic heterocycles. The van der Waals surface area contributed by atoms with Crippen LogP contribution in [0.5, 0.6) is 0 Å². The van der Waals surface area contributed by atoms with Gasteiger partial charge in [0.1, 0.15) is 5.82 Å². The second-order valence-corrected chi connectivity index (χ2v) is 7.59. The molecular formula is C19H29N5O2. The second-order valence-electron chi connectivity index (χ2n) is 7.59. The Morgan fingerprint density at radius 2 is 1.92 bits per heavy atom. The average Bonchev–Trinajstić information content (AvgIpc) is 3.16. The Balaban J connectivity index is 1.64. The van der Waals surface area contributed by atoms with E-state index in [-0.39, 0.29) is 17.7 Å². The Morgan fingerprint density at radius 1 is 1.19 bits per heavy atom.